The van der Waals surface area contributed by atoms with Crippen molar-refractivity contribution >= 4 is 38.3 Å². The molecule has 0 aromatic carbocycles. The zero-order valence-electron chi connectivity index (χ0n) is 9.39. The van der Waals surface area contributed by atoms with Crippen LogP contribution >= 0.6 is 22.6 Å². The molecule has 2 heterocycles. The van der Waals surface area contributed by atoms with E-state index in [0.717, 1.165) is 3.57 Å². The fourth-order valence-electron chi connectivity index (χ4n) is 1.81. The Morgan fingerprint density at radius 1 is 1.35 bits per heavy atom. The third-order valence-electron chi connectivity index (χ3n) is 2.82. The van der Waals surface area contributed by atoms with Gasteiger partial charge >= 0.3 is 0 Å². The lowest BCUT2D eigenvalue weighted by molar-refractivity contribution is 0.0761. The highest BCUT2D eigenvalue weighted by molar-refractivity contribution is 14.1. The standard InChI is InChI=1S/C10H13IN2O3S/c1-12-7-8(11)6-9(12)10(14)13-2-4-17(15,16)5-3-13/h6-7H,2-5H2,1H3. The first-order valence-corrected chi connectivity index (χ1v) is 8.11. The predicted molar refractivity (Wildman–Crippen MR) is 72.7 cm³/mol. The van der Waals surface area contributed by atoms with E-state index in [1.165, 1.54) is 0 Å². The van der Waals surface area contributed by atoms with Gasteiger partial charge in [-0.3, -0.25) is 4.79 Å². The Morgan fingerprint density at radius 2 is 1.94 bits per heavy atom. The predicted octanol–water partition coefficient (Wildman–Crippen LogP) is 0.500. The number of aromatic nitrogens is 1. The minimum atomic E-state index is -2.94. The first-order chi connectivity index (χ1) is 7.89. The van der Waals surface area contributed by atoms with Crippen LogP contribution in [0.2, 0.25) is 0 Å². The third kappa shape index (κ3) is 2.82. The van der Waals surface area contributed by atoms with Crippen LogP contribution in [-0.4, -0.2) is 48.4 Å². The van der Waals surface area contributed by atoms with Gasteiger partial charge in [-0.1, -0.05) is 0 Å². The molecule has 1 aliphatic rings. The van der Waals surface area contributed by atoms with Gasteiger partial charge in [0.2, 0.25) is 0 Å². The molecule has 7 heteroatoms. The minimum absolute atomic E-state index is 0.0697. The maximum atomic E-state index is 12.2. The van der Waals surface area contributed by atoms with E-state index in [4.69, 9.17) is 0 Å². The molecule has 1 aromatic rings. The van der Waals surface area contributed by atoms with E-state index in [2.05, 4.69) is 22.6 Å². The molecule has 2 rings (SSSR count). The number of carbonyl (C=O) groups excluding carboxylic acids is 1. The van der Waals surface area contributed by atoms with Crippen LogP contribution in [0.5, 0.6) is 0 Å². The number of rotatable bonds is 1. The molecule has 0 unspecified atom stereocenters. The summed E-state index contributed by atoms with van der Waals surface area (Å²) in [7, 11) is -1.12. The smallest absolute Gasteiger partial charge is 0.270 e. The zero-order chi connectivity index (χ0) is 12.6. The van der Waals surface area contributed by atoms with Crippen LogP contribution in [0.25, 0.3) is 0 Å². The molecule has 0 spiro atoms. The van der Waals surface area contributed by atoms with Gasteiger partial charge in [-0.05, 0) is 28.7 Å². The molecular formula is C10H13IN2O3S. The molecule has 0 radical (unpaired) electrons. The summed E-state index contributed by atoms with van der Waals surface area (Å²) in [6, 6.07) is 1.81. The molecule has 1 saturated heterocycles. The van der Waals surface area contributed by atoms with E-state index in [0.29, 0.717) is 18.8 Å². The summed E-state index contributed by atoms with van der Waals surface area (Å²) < 4.78 is 25.3. The van der Waals surface area contributed by atoms with E-state index in [9.17, 15) is 13.2 Å². The van der Waals surface area contributed by atoms with Crippen LogP contribution in [0.4, 0.5) is 0 Å². The second-order valence-electron chi connectivity index (χ2n) is 4.10. The Morgan fingerprint density at radius 3 is 2.41 bits per heavy atom. The number of hydrogen-bond donors (Lipinski definition) is 0. The number of carbonyl (C=O) groups is 1. The lowest BCUT2D eigenvalue weighted by Crippen LogP contribution is -2.44. The van der Waals surface area contributed by atoms with Crippen molar-refractivity contribution in [1.29, 1.82) is 0 Å². The van der Waals surface area contributed by atoms with Gasteiger partial charge in [0.05, 0.1) is 11.5 Å². The fourth-order valence-corrected chi connectivity index (χ4v) is 3.73. The van der Waals surface area contributed by atoms with E-state index in [1.54, 1.807) is 9.47 Å². The van der Waals surface area contributed by atoms with E-state index >= 15 is 0 Å². The highest BCUT2D eigenvalue weighted by Crippen LogP contribution is 2.14. The second-order valence-corrected chi connectivity index (χ2v) is 7.65. The van der Waals surface area contributed by atoms with Crippen LogP contribution in [-0.2, 0) is 16.9 Å². The van der Waals surface area contributed by atoms with E-state index in [1.807, 2.05) is 19.3 Å². The van der Waals surface area contributed by atoms with Crippen molar-refractivity contribution in [3.8, 4) is 0 Å². The quantitative estimate of drug-likeness (QED) is 0.679. The molecule has 1 fully saturated rings. The van der Waals surface area contributed by atoms with Gasteiger partial charge in [0.1, 0.15) is 5.69 Å². The van der Waals surface area contributed by atoms with Crippen molar-refractivity contribution in [3.63, 3.8) is 0 Å². The van der Waals surface area contributed by atoms with Gasteiger partial charge in [0.25, 0.3) is 5.91 Å². The Labute approximate surface area is 114 Å². The molecule has 0 atom stereocenters. The summed E-state index contributed by atoms with van der Waals surface area (Å²) in [5.41, 5.74) is 0.605. The Bertz CT molecular complexity index is 536. The van der Waals surface area contributed by atoms with Crippen LogP contribution in [0.1, 0.15) is 10.5 Å². The highest BCUT2D eigenvalue weighted by Gasteiger charge is 2.26. The van der Waals surface area contributed by atoms with Gasteiger partial charge in [0.15, 0.2) is 9.84 Å². The summed E-state index contributed by atoms with van der Waals surface area (Å²) in [5.74, 6) is 0.0471. The number of sulfone groups is 1. The topological polar surface area (TPSA) is 59.4 Å². The van der Waals surface area contributed by atoms with Crippen molar-refractivity contribution in [2.75, 3.05) is 24.6 Å². The van der Waals surface area contributed by atoms with E-state index < -0.39 is 9.84 Å². The first-order valence-electron chi connectivity index (χ1n) is 5.20. The Hall–Kier alpha value is -0.570. The SMILES string of the molecule is Cn1cc(I)cc1C(=O)N1CCS(=O)(=O)CC1. The van der Waals surface area contributed by atoms with Crippen LogP contribution < -0.4 is 0 Å². The number of hydrogen-bond acceptors (Lipinski definition) is 3. The van der Waals surface area contributed by atoms with Crippen molar-refractivity contribution < 1.29 is 13.2 Å². The third-order valence-corrected chi connectivity index (χ3v) is 5.02. The fraction of sp³-hybridized carbons (Fsp3) is 0.500. The summed E-state index contributed by atoms with van der Waals surface area (Å²) >= 11 is 2.15. The molecular weight excluding hydrogens is 355 g/mol. The maximum absolute atomic E-state index is 12.2. The van der Waals surface area contributed by atoms with Gasteiger partial charge < -0.3 is 9.47 Å². The molecule has 1 aliphatic heterocycles. The normalized spacial score (nSPS) is 19.3. The number of aryl methyl sites for hydroxylation is 1. The molecule has 0 saturated carbocycles. The summed E-state index contributed by atoms with van der Waals surface area (Å²) in [4.78, 5) is 13.8. The molecule has 0 aliphatic carbocycles. The lowest BCUT2D eigenvalue weighted by Gasteiger charge is -2.26. The monoisotopic (exact) mass is 368 g/mol. The van der Waals surface area contributed by atoms with Crippen molar-refractivity contribution in [1.82, 2.24) is 9.47 Å². The van der Waals surface area contributed by atoms with E-state index in [-0.39, 0.29) is 17.4 Å². The molecule has 5 nitrogen and oxygen atoms in total. The number of halogens is 1. The Kier molecular flexibility index (Phi) is 3.48. The summed E-state index contributed by atoms with van der Waals surface area (Å²) in [6.07, 6.45) is 1.87. The molecule has 1 amide bonds. The zero-order valence-corrected chi connectivity index (χ0v) is 12.4. The van der Waals surface area contributed by atoms with Gasteiger partial charge in [-0.2, -0.15) is 0 Å². The van der Waals surface area contributed by atoms with Crippen molar-refractivity contribution in [2.45, 2.75) is 0 Å². The first kappa shape index (κ1) is 12.9. The number of amides is 1. The maximum Gasteiger partial charge on any atom is 0.270 e. The summed E-state index contributed by atoms with van der Waals surface area (Å²) in [6.45, 7) is 0.589. The lowest BCUT2D eigenvalue weighted by atomic mass is 10.3. The highest BCUT2D eigenvalue weighted by atomic mass is 127. The average Bonchev–Trinajstić information content (AvgIpc) is 2.57. The van der Waals surface area contributed by atoms with Gasteiger partial charge in [-0.15, -0.1) is 0 Å². The van der Waals surface area contributed by atoms with Crippen LogP contribution in [0.15, 0.2) is 12.3 Å². The average molecular weight is 368 g/mol. The van der Waals surface area contributed by atoms with Crippen molar-refractivity contribution in [3.05, 3.63) is 21.5 Å². The molecule has 17 heavy (non-hydrogen) atoms. The minimum Gasteiger partial charge on any atom is -0.346 e. The molecule has 0 bridgehead atoms. The van der Waals surface area contributed by atoms with Crippen LogP contribution in [0, 0.1) is 3.57 Å². The molecule has 1 aromatic heterocycles. The molecule has 94 valence electrons. The summed E-state index contributed by atoms with van der Waals surface area (Å²) in [5, 5.41) is 0. The number of nitrogens with zero attached hydrogens (tertiary/aromatic N) is 2. The van der Waals surface area contributed by atoms with Crippen LogP contribution in [0.3, 0.4) is 0 Å². The largest absolute Gasteiger partial charge is 0.346 e. The van der Waals surface area contributed by atoms with Gasteiger partial charge in [0, 0.05) is 29.9 Å². The second kappa shape index (κ2) is 4.60. The van der Waals surface area contributed by atoms with Gasteiger partial charge in [-0.25, -0.2) is 8.42 Å². The van der Waals surface area contributed by atoms with Crippen molar-refractivity contribution in [2.24, 2.45) is 7.05 Å². The Balaban J connectivity index is 2.14. The molecule has 0 N–H and O–H groups in total.